The number of hydrogen-bond acceptors (Lipinski definition) is 2. The molecule has 1 saturated carbocycles. The van der Waals surface area contributed by atoms with Gasteiger partial charge in [0.1, 0.15) is 11.5 Å². The van der Waals surface area contributed by atoms with Crippen molar-refractivity contribution < 1.29 is 9.47 Å². The molecule has 0 amide bonds. The first kappa shape index (κ1) is 26.2. The van der Waals surface area contributed by atoms with E-state index in [2.05, 4.69) is 86.7 Å². The largest absolute Gasteiger partial charge is 0.494 e. The summed E-state index contributed by atoms with van der Waals surface area (Å²) in [5, 5.41) is 0. The van der Waals surface area contributed by atoms with E-state index in [0.717, 1.165) is 24.3 Å². The summed E-state index contributed by atoms with van der Waals surface area (Å²) in [7, 11) is 0. The Morgan fingerprint density at radius 2 is 1.21 bits per heavy atom. The Morgan fingerprint density at radius 3 is 1.72 bits per heavy atom. The molecule has 0 aliphatic heterocycles. The number of hydrogen-bond donors (Lipinski definition) is 0. The fraction of sp³-hybridized carbons (Fsp3) is 0.459. The van der Waals surface area contributed by atoms with Crippen LogP contribution in [0.4, 0.5) is 0 Å². The van der Waals surface area contributed by atoms with Crippen LogP contribution in [0.25, 0.3) is 0 Å². The second-order valence-electron chi connectivity index (χ2n) is 12.1. The molecular formula is C37H44O2. The van der Waals surface area contributed by atoms with Crippen LogP contribution < -0.4 is 9.47 Å². The molecule has 2 unspecified atom stereocenters. The Morgan fingerprint density at radius 1 is 0.692 bits per heavy atom. The zero-order valence-corrected chi connectivity index (χ0v) is 24.3. The molecule has 0 radical (unpaired) electrons. The van der Waals surface area contributed by atoms with Crippen molar-refractivity contribution >= 4 is 0 Å². The number of fused-ring (bicyclic) bond motifs is 4. The van der Waals surface area contributed by atoms with E-state index in [0.29, 0.717) is 25.0 Å². The molecule has 204 valence electrons. The van der Waals surface area contributed by atoms with Gasteiger partial charge in [-0.3, -0.25) is 0 Å². The molecule has 0 N–H and O–H groups in total. The van der Waals surface area contributed by atoms with E-state index in [4.69, 9.17) is 9.47 Å². The lowest BCUT2D eigenvalue weighted by Crippen LogP contribution is -2.44. The second-order valence-corrected chi connectivity index (χ2v) is 12.1. The number of allylic oxidation sites excluding steroid dienone is 8. The lowest BCUT2D eigenvalue weighted by Gasteiger charge is -2.54. The summed E-state index contributed by atoms with van der Waals surface area (Å²) in [5.74, 6) is 2.80. The highest BCUT2D eigenvalue weighted by Crippen LogP contribution is 2.70. The minimum Gasteiger partial charge on any atom is -0.494 e. The van der Waals surface area contributed by atoms with Gasteiger partial charge in [0.25, 0.3) is 0 Å². The van der Waals surface area contributed by atoms with Gasteiger partial charge in [0.15, 0.2) is 0 Å². The number of ether oxygens (including phenoxy) is 2. The van der Waals surface area contributed by atoms with Crippen molar-refractivity contribution in [2.45, 2.75) is 84.5 Å². The monoisotopic (exact) mass is 520 g/mol. The fourth-order valence-corrected chi connectivity index (χ4v) is 8.48. The summed E-state index contributed by atoms with van der Waals surface area (Å²) in [6.45, 7) is 10.5. The van der Waals surface area contributed by atoms with Crippen molar-refractivity contribution in [2.75, 3.05) is 13.2 Å². The van der Waals surface area contributed by atoms with Gasteiger partial charge >= 0.3 is 0 Å². The normalized spacial score (nSPS) is 29.2. The highest BCUT2D eigenvalue weighted by Gasteiger charge is 2.58. The van der Waals surface area contributed by atoms with Gasteiger partial charge in [-0.15, -0.1) is 0 Å². The van der Waals surface area contributed by atoms with Gasteiger partial charge in [-0.1, -0.05) is 86.4 Å². The van der Waals surface area contributed by atoms with Gasteiger partial charge in [-0.05, 0) is 97.9 Å². The minimum atomic E-state index is 0.236. The Hall–Kier alpha value is -3.00. The Bertz CT molecular complexity index is 1320. The molecule has 1 fully saturated rings. The molecule has 0 heterocycles. The number of rotatable bonds is 8. The molecule has 6 rings (SSSR count). The molecule has 0 spiro atoms. The van der Waals surface area contributed by atoms with E-state index >= 15 is 0 Å². The average molecular weight is 521 g/mol. The third-order valence-corrected chi connectivity index (χ3v) is 10.3. The topological polar surface area (TPSA) is 18.5 Å². The van der Waals surface area contributed by atoms with Crippen LogP contribution >= 0.6 is 0 Å². The summed E-state index contributed by atoms with van der Waals surface area (Å²) < 4.78 is 11.4. The smallest absolute Gasteiger partial charge is 0.119 e. The Kier molecular flexibility index (Phi) is 7.08. The third-order valence-electron chi connectivity index (χ3n) is 10.3. The van der Waals surface area contributed by atoms with Crippen molar-refractivity contribution in [3.63, 3.8) is 0 Å². The molecule has 2 nitrogen and oxygen atoms in total. The van der Waals surface area contributed by atoms with Crippen molar-refractivity contribution in [3.8, 4) is 11.5 Å². The van der Waals surface area contributed by atoms with E-state index < -0.39 is 0 Å². The molecule has 2 heteroatoms. The Labute approximate surface area is 235 Å². The third kappa shape index (κ3) is 4.31. The number of benzene rings is 2. The van der Waals surface area contributed by atoms with E-state index in [1.165, 1.54) is 48.8 Å². The highest BCUT2D eigenvalue weighted by molar-refractivity contribution is 5.63. The molecule has 0 bridgehead atoms. The van der Waals surface area contributed by atoms with Crippen molar-refractivity contribution in [1.29, 1.82) is 0 Å². The van der Waals surface area contributed by atoms with Crippen molar-refractivity contribution in [3.05, 3.63) is 106 Å². The van der Waals surface area contributed by atoms with Crippen LogP contribution in [0.5, 0.6) is 11.5 Å². The second kappa shape index (κ2) is 10.5. The lowest BCUT2D eigenvalue weighted by atomic mass is 9.49. The summed E-state index contributed by atoms with van der Waals surface area (Å²) in [4.78, 5) is 0. The quantitative estimate of drug-likeness (QED) is 0.345. The molecule has 4 aliphatic rings. The first-order valence-corrected chi connectivity index (χ1v) is 15.3. The molecule has 39 heavy (non-hydrogen) atoms. The zero-order valence-electron chi connectivity index (χ0n) is 24.3. The summed E-state index contributed by atoms with van der Waals surface area (Å²) >= 11 is 0. The zero-order chi connectivity index (χ0) is 27.0. The van der Waals surface area contributed by atoms with Crippen molar-refractivity contribution in [1.82, 2.24) is 0 Å². The van der Waals surface area contributed by atoms with E-state index in [1.807, 2.05) is 13.8 Å². The molecule has 2 aromatic carbocycles. The first-order valence-electron chi connectivity index (χ1n) is 15.3. The fourth-order valence-electron chi connectivity index (χ4n) is 8.48. The van der Waals surface area contributed by atoms with Gasteiger partial charge < -0.3 is 9.47 Å². The molecular weight excluding hydrogens is 476 g/mol. The molecule has 2 aromatic rings. The minimum absolute atomic E-state index is 0.236. The standard InChI is InChI=1S/C37H44O2/c1-5-21-37-23-8-22-36(37,4)34-24-28(26-9-15-30(16-10-26)38-6-2)13-19-32(34)33-20-14-29(25-35(33)37)27-11-17-31(18-12-27)39-7-3/h9-20,28-29H,5-8,21-25H2,1-4H3/t28?,29?,36-,37+/m1/s1. The van der Waals surface area contributed by atoms with Crippen LogP contribution in [-0.4, -0.2) is 13.2 Å². The van der Waals surface area contributed by atoms with Crippen molar-refractivity contribution in [2.24, 2.45) is 10.8 Å². The van der Waals surface area contributed by atoms with Gasteiger partial charge in [-0.2, -0.15) is 0 Å². The molecule has 4 atom stereocenters. The van der Waals surface area contributed by atoms with Gasteiger partial charge in [0.2, 0.25) is 0 Å². The molecule has 0 aromatic heterocycles. The highest BCUT2D eigenvalue weighted by atomic mass is 16.5. The van der Waals surface area contributed by atoms with Crippen LogP contribution in [0.2, 0.25) is 0 Å². The van der Waals surface area contributed by atoms with Gasteiger partial charge in [-0.25, -0.2) is 0 Å². The summed E-state index contributed by atoms with van der Waals surface area (Å²) in [6.07, 6.45) is 18.7. The predicted octanol–water partition coefficient (Wildman–Crippen LogP) is 9.85. The van der Waals surface area contributed by atoms with Crippen LogP contribution in [0, 0.1) is 10.8 Å². The average Bonchev–Trinajstić information content (AvgIpc) is 3.32. The van der Waals surface area contributed by atoms with Gasteiger partial charge in [0, 0.05) is 17.3 Å². The summed E-state index contributed by atoms with van der Waals surface area (Å²) in [5.41, 5.74) is 9.86. The van der Waals surface area contributed by atoms with E-state index in [9.17, 15) is 0 Å². The summed E-state index contributed by atoms with van der Waals surface area (Å²) in [6, 6.07) is 17.7. The van der Waals surface area contributed by atoms with E-state index in [1.54, 1.807) is 16.7 Å². The lowest BCUT2D eigenvalue weighted by molar-refractivity contribution is 0.139. The van der Waals surface area contributed by atoms with E-state index in [-0.39, 0.29) is 10.8 Å². The van der Waals surface area contributed by atoms with Crippen LogP contribution in [-0.2, 0) is 0 Å². The maximum atomic E-state index is 5.72. The van der Waals surface area contributed by atoms with Gasteiger partial charge in [0.05, 0.1) is 13.2 Å². The van der Waals surface area contributed by atoms with Crippen LogP contribution in [0.15, 0.2) is 95.1 Å². The maximum absolute atomic E-state index is 5.72. The van der Waals surface area contributed by atoms with Crippen LogP contribution in [0.3, 0.4) is 0 Å². The predicted molar refractivity (Wildman–Crippen MR) is 162 cm³/mol. The van der Waals surface area contributed by atoms with Crippen LogP contribution in [0.1, 0.15) is 95.6 Å². The SMILES string of the molecule is CCC[C@@]12CCC[C@]1(C)C1=C(C=CC(c3ccc(OCC)cc3)C1)C1=C2CC(c2ccc(OCC)cc2)C=C1. The molecule has 0 saturated heterocycles. The first-order chi connectivity index (χ1) is 19.0. The molecule has 4 aliphatic carbocycles. The Balaban J connectivity index is 1.37. The maximum Gasteiger partial charge on any atom is 0.119 e.